The van der Waals surface area contributed by atoms with Crippen LogP contribution in [0.15, 0.2) is 28.7 Å². The maximum absolute atomic E-state index is 12.0. The van der Waals surface area contributed by atoms with Gasteiger partial charge in [0.2, 0.25) is 11.8 Å². The van der Waals surface area contributed by atoms with Gasteiger partial charge in [-0.05, 0) is 17.7 Å². The number of aliphatic hydroxyl groups excluding tert-OH is 1. The van der Waals surface area contributed by atoms with Gasteiger partial charge < -0.3 is 5.11 Å². The highest BCUT2D eigenvalue weighted by molar-refractivity contribution is 9.10. The van der Waals surface area contributed by atoms with E-state index in [-0.39, 0.29) is 36.2 Å². The summed E-state index contributed by atoms with van der Waals surface area (Å²) in [6.45, 7) is 0.250. The zero-order chi connectivity index (χ0) is 12.9. The molecular weight excluding hydrogens is 298 g/mol. The average Bonchev–Trinajstić information content (AvgIpc) is 3.03. The van der Waals surface area contributed by atoms with E-state index in [9.17, 15) is 9.59 Å². The lowest BCUT2D eigenvalue weighted by molar-refractivity contribution is -0.143. The molecule has 1 aromatic rings. The highest BCUT2D eigenvalue weighted by Crippen LogP contribution is 2.53. The Bertz CT molecular complexity index is 509. The van der Waals surface area contributed by atoms with E-state index in [0.717, 1.165) is 10.0 Å². The average molecular weight is 310 g/mol. The zero-order valence-electron chi connectivity index (χ0n) is 9.54. The van der Waals surface area contributed by atoms with Crippen LogP contribution in [0.2, 0.25) is 0 Å². The van der Waals surface area contributed by atoms with Crippen LogP contribution in [0.25, 0.3) is 0 Å². The molecule has 0 bridgehead atoms. The number of carbonyl (C=O) groups is 2. The fourth-order valence-corrected chi connectivity index (χ4v) is 3.16. The first-order valence-corrected chi connectivity index (χ1v) is 6.63. The summed E-state index contributed by atoms with van der Waals surface area (Å²) in [4.78, 5) is 25.3. The largest absolute Gasteiger partial charge is 0.396 e. The van der Waals surface area contributed by atoms with Crippen molar-refractivity contribution in [2.75, 3.05) is 6.61 Å². The zero-order valence-corrected chi connectivity index (χ0v) is 11.1. The van der Waals surface area contributed by atoms with Crippen LogP contribution in [0.3, 0.4) is 0 Å². The molecule has 2 fully saturated rings. The lowest BCUT2D eigenvalue weighted by Gasteiger charge is -2.18. The highest BCUT2D eigenvalue weighted by Gasteiger charge is 2.66. The van der Waals surface area contributed by atoms with Crippen LogP contribution < -0.4 is 0 Å². The molecule has 4 nitrogen and oxygen atoms in total. The summed E-state index contributed by atoms with van der Waals surface area (Å²) in [5.41, 5.74) is 0.924. The number of aliphatic hydroxyl groups is 1. The van der Waals surface area contributed by atoms with Crippen LogP contribution in [0.4, 0.5) is 0 Å². The maximum atomic E-state index is 12.0. The fraction of sp³-hybridized carbons (Fsp3) is 0.385. The van der Waals surface area contributed by atoms with Crippen LogP contribution in [0.5, 0.6) is 0 Å². The Labute approximate surface area is 113 Å². The second kappa shape index (κ2) is 4.17. The molecule has 1 saturated heterocycles. The molecule has 2 aliphatic rings. The van der Waals surface area contributed by atoms with E-state index < -0.39 is 0 Å². The summed E-state index contributed by atoms with van der Waals surface area (Å²) >= 11 is 3.36. The van der Waals surface area contributed by atoms with Gasteiger partial charge in [0.15, 0.2) is 0 Å². The van der Waals surface area contributed by atoms with Crippen LogP contribution in [-0.2, 0) is 16.1 Å². The van der Waals surface area contributed by atoms with Crippen LogP contribution in [0.1, 0.15) is 5.56 Å². The number of nitrogens with zero attached hydrogens (tertiary/aromatic N) is 1. The normalized spacial score (nSPS) is 29.7. The number of likely N-dealkylation sites (tertiary alicyclic amines) is 1. The summed E-state index contributed by atoms with van der Waals surface area (Å²) in [6.07, 6.45) is 0. The first-order valence-electron chi connectivity index (χ1n) is 5.84. The van der Waals surface area contributed by atoms with Gasteiger partial charge >= 0.3 is 0 Å². The molecule has 94 valence electrons. The van der Waals surface area contributed by atoms with Gasteiger partial charge in [0.25, 0.3) is 0 Å². The van der Waals surface area contributed by atoms with Gasteiger partial charge in [-0.15, -0.1) is 0 Å². The predicted octanol–water partition coefficient (Wildman–Crippen LogP) is 1.17. The topological polar surface area (TPSA) is 57.6 Å². The highest BCUT2D eigenvalue weighted by atomic mass is 79.9. The molecule has 0 spiro atoms. The van der Waals surface area contributed by atoms with Gasteiger partial charge in [-0.1, -0.05) is 28.1 Å². The van der Waals surface area contributed by atoms with Gasteiger partial charge in [-0.3, -0.25) is 14.5 Å². The molecule has 3 rings (SSSR count). The first kappa shape index (κ1) is 11.9. The molecule has 5 heteroatoms. The van der Waals surface area contributed by atoms with E-state index in [2.05, 4.69) is 15.9 Å². The summed E-state index contributed by atoms with van der Waals surface area (Å²) < 4.78 is 0.928. The third kappa shape index (κ3) is 1.69. The molecule has 18 heavy (non-hydrogen) atoms. The molecule has 2 amide bonds. The Balaban J connectivity index is 1.76. The van der Waals surface area contributed by atoms with Crippen molar-refractivity contribution in [2.24, 2.45) is 17.8 Å². The Morgan fingerprint density at radius 3 is 2.44 bits per heavy atom. The van der Waals surface area contributed by atoms with Crippen molar-refractivity contribution in [1.29, 1.82) is 0 Å². The molecule has 2 atom stereocenters. The Morgan fingerprint density at radius 2 is 1.89 bits per heavy atom. The number of benzene rings is 1. The minimum atomic E-state index is -0.269. The van der Waals surface area contributed by atoms with Crippen molar-refractivity contribution in [1.82, 2.24) is 4.90 Å². The van der Waals surface area contributed by atoms with Crippen molar-refractivity contribution in [3.05, 3.63) is 34.3 Å². The predicted molar refractivity (Wildman–Crippen MR) is 67.3 cm³/mol. The van der Waals surface area contributed by atoms with Crippen molar-refractivity contribution < 1.29 is 14.7 Å². The van der Waals surface area contributed by atoms with E-state index >= 15 is 0 Å². The third-order valence-electron chi connectivity index (χ3n) is 3.71. The van der Waals surface area contributed by atoms with E-state index in [1.807, 2.05) is 24.3 Å². The second-order valence-electron chi connectivity index (χ2n) is 4.79. The number of piperidine rings is 1. The van der Waals surface area contributed by atoms with Crippen molar-refractivity contribution >= 4 is 27.7 Å². The summed E-state index contributed by atoms with van der Waals surface area (Å²) in [5.74, 6) is -0.943. The Morgan fingerprint density at radius 1 is 1.22 bits per heavy atom. The standard InChI is InChI=1S/C13H12BrNO3/c14-8-3-1-2-7(4-8)5-15-12(17)10-9(6-16)11(10)13(15)18/h1-4,9-11,16H,5-6H2. The SMILES string of the molecule is O=C1C2C(CO)C2C(=O)N1Cc1cccc(Br)c1. The summed E-state index contributed by atoms with van der Waals surface area (Å²) in [5, 5.41) is 9.03. The van der Waals surface area contributed by atoms with E-state index in [1.165, 1.54) is 4.90 Å². The van der Waals surface area contributed by atoms with E-state index in [4.69, 9.17) is 5.11 Å². The Kier molecular flexibility index (Phi) is 2.75. The second-order valence-corrected chi connectivity index (χ2v) is 5.71. The van der Waals surface area contributed by atoms with Gasteiger partial charge in [0, 0.05) is 17.0 Å². The number of amides is 2. The number of halogens is 1. The van der Waals surface area contributed by atoms with Crippen molar-refractivity contribution in [3.8, 4) is 0 Å². The lowest BCUT2D eigenvalue weighted by Crippen LogP contribution is -2.34. The molecule has 1 aliphatic heterocycles. The first-order chi connectivity index (χ1) is 8.63. The number of fused-ring (bicyclic) bond motifs is 1. The fourth-order valence-electron chi connectivity index (χ4n) is 2.72. The van der Waals surface area contributed by atoms with Gasteiger partial charge in [-0.2, -0.15) is 0 Å². The van der Waals surface area contributed by atoms with Crippen molar-refractivity contribution in [3.63, 3.8) is 0 Å². The summed E-state index contributed by atoms with van der Waals surface area (Å²) in [7, 11) is 0. The molecule has 1 heterocycles. The molecule has 1 aromatic carbocycles. The van der Waals surface area contributed by atoms with E-state index in [1.54, 1.807) is 0 Å². The molecule has 1 saturated carbocycles. The minimum absolute atomic E-state index is 0.0719. The summed E-state index contributed by atoms with van der Waals surface area (Å²) in [6, 6.07) is 7.56. The third-order valence-corrected chi connectivity index (χ3v) is 4.20. The maximum Gasteiger partial charge on any atom is 0.233 e. The number of rotatable bonds is 3. The molecule has 0 radical (unpaired) electrons. The van der Waals surface area contributed by atoms with Gasteiger partial charge in [0.1, 0.15) is 0 Å². The number of imide groups is 1. The smallest absolute Gasteiger partial charge is 0.233 e. The van der Waals surface area contributed by atoms with E-state index in [0.29, 0.717) is 6.54 Å². The van der Waals surface area contributed by atoms with Crippen LogP contribution >= 0.6 is 15.9 Å². The van der Waals surface area contributed by atoms with Gasteiger partial charge in [0.05, 0.1) is 18.4 Å². The van der Waals surface area contributed by atoms with Crippen LogP contribution in [-0.4, -0.2) is 28.4 Å². The number of hydrogen-bond donors (Lipinski definition) is 1. The quantitative estimate of drug-likeness (QED) is 0.853. The Hall–Kier alpha value is -1.20. The monoisotopic (exact) mass is 309 g/mol. The molecule has 1 N–H and O–H groups in total. The van der Waals surface area contributed by atoms with Crippen molar-refractivity contribution in [2.45, 2.75) is 6.54 Å². The molecular formula is C13H12BrNO3. The lowest BCUT2D eigenvalue weighted by atomic mass is 10.2. The van der Waals surface area contributed by atoms with Gasteiger partial charge in [-0.25, -0.2) is 0 Å². The molecule has 0 aromatic heterocycles. The molecule has 2 unspecified atom stereocenters. The molecule has 1 aliphatic carbocycles. The van der Waals surface area contributed by atoms with Crippen LogP contribution in [0, 0.1) is 17.8 Å². The number of carbonyl (C=O) groups excluding carboxylic acids is 2. The number of hydrogen-bond acceptors (Lipinski definition) is 3. The minimum Gasteiger partial charge on any atom is -0.396 e.